The summed E-state index contributed by atoms with van der Waals surface area (Å²) in [5.74, 6) is -0.779. The van der Waals surface area contributed by atoms with Crippen molar-refractivity contribution in [1.29, 1.82) is 5.26 Å². The Hall–Kier alpha value is -2.75. The molecule has 0 amide bonds. The SMILES string of the molecule is CCC(N)=NOC(=O)[C@]12CCC(C)(C)C[C@H]1[C@H]1C(=O)C=C3[C@@]4(C)C=C(C#N)C(=O)[C@@H](C)[C@@H]4CC[C@@]3(C)[C@]1(C)CC2. The number of nitrogens with two attached hydrogens (primary N) is 1. The van der Waals surface area contributed by atoms with E-state index in [0.717, 1.165) is 37.7 Å². The molecule has 2 N–H and O–H groups in total. The number of amidine groups is 1. The van der Waals surface area contributed by atoms with E-state index in [1.54, 1.807) is 0 Å². The Bertz CT molecular complexity index is 1300. The third-order valence-electron chi connectivity index (χ3n) is 12.5. The molecule has 0 radical (unpaired) electrons. The molecule has 0 heterocycles. The Morgan fingerprint density at radius 2 is 1.77 bits per heavy atom. The summed E-state index contributed by atoms with van der Waals surface area (Å²) in [6.45, 7) is 15.0. The lowest BCUT2D eigenvalue weighted by Gasteiger charge is -2.68. The highest BCUT2D eigenvalue weighted by Crippen LogP contribution is 2.73. The number of carbonyl (C=O) groups is 3. The van der Waals surface area contributed by atoms with Gasteiger partial charge in [0, 0.05) is 23.7 Å². The van der Waals surface area contributed by atoms with Crippen LogP contribution in [0.4, 0.5) is 0 Å². The molecular weight excluding hydrogens is 502 g/mol. The number of ketones is 2. The first-order chi connectivity index (χ1) is 18.6. The van der Waals surface area contributed by atoms with E-state index in [4.69, 9.17) is 10.6 Å². The first-order valence-corrected chi connectivity index (χ1v) is 15.1. The standard InChI is InChI=1S/C33H45N3O4/c1-8-25(35)36-40-28(39)33-13-11-29(3,4)17-22(33)26-23(37)15-24-30(5)16-20(18-34)27(38)19(2)21(30)9-10-31(24,6)32(26,7)12-14-33/h15-16,19,21-22,26H,8-14,17H2,1-7H3,(H2,35,36)/t19-,21-,22-,26-,30-,31+,32+,33-/m0/s1. The molecule has 7 nitrogen and oxygen atoms in total. The van der Waals surface area contributed by atoms with Gasteiger partial charge in [-0.2, -0.15) is 5.26 Å². The second-order valence-electron chi connectivity index (χ2n) is 14.9. The van der Waals surface area contributed by atoms with Gasteiger partial charge in [-0.1, -0.05) is 65.3 Å². The van der Waals surface area contributed by atoms with E-state index in [0.29, 0.717) is 19.3 Å². The van der Waals surface area contributed by atoms with Crippen LogP contribution in [-0.2, 0) is 19.2 Å². The Labute approximate surface area is 238 Å². The zero-order chi connectivity index (χ0) is 29.5. The van der Waals surface area contributed by atoms with Crippen LogP contribution in [0.2, 0.25) is 0 Å². The van der Waals surface area contributed by atoms with Crippen LogP contribution in [0.3, 0.4) is 0 Å². The van der Waals surface area contributed by atoms with Crippen molar-refractivity contribution >= 4 is 23.4 Å². The number of rotatable bonds is 3. The molecule has 5 rings (SSSR count). The Morgan fingerprint density at radius 1 is 1.10 bits per heavy atom. The van der Waals surface area contributed by atoms with Gasteiger partial charge in [-0.15, -0.1) is 0 Å². The van der Waals surface area contributed by atoms with Crippen LogP contribution in [0, 0.1) is 62.1 Å². The summed E-state index contributed by atoms with van der Waals surface area (Å²) in [4.78, 5) is 46.7. The maximum Gasteiger partial charge on any atom is 0.341 e. The van der Waals surface area contributed by atoms with Gasteiger partial charge in [0.1, 0.15) is 11.9 Å². The van der Waals surface area contributed by atoms with Crippen molar-refractivity contribution in [2.24, 2.45) is 61.6 Å². The minimum atomic E-state index is -0.769. The monoisotopic (exact) mass is 547 g/mol. The number of nitrogens with zero attached hydrogens (tertiary/aromatic N) is 2. The fraction of sp³-hybridized carbons (Fsp3) is 0.727. The molecule has 0 aliphatic heterocycles. The van der Waals surface area contributed by atoms with Gasteiger partial charge < -0.3 is 10.6 Å². The summed E-state index contributed by atoms with van der Waals surface area (Å²) in [6, 6.07) is 2.14. The van der Waals surface area contributed by atoms with E-state index in [-0.39, 0.29) is 68.9 Å². The molecule has 5 aliphatic carbocycles. The van der Waals surface area contributed by atoms with Crippen molar-refractivity contribution in [3.63, 3.8) is 0 Å². The van der Waals surface area contributed by atoms with Gasteiger partial charge in [-0.05, 0) is 79.1 Å². The van der Waals surface area contributed by atoms with Crippen LogP contribution in [0.25, 0.3) is 0 Å². The minimum absolute atomic E-state index is 0.00315. The summed E-state index contributed by atoms with van der Waals surface area (Å²) in [5.41, 5.74) is 5.15. The van der Waals surface area contributed by atoms with E-state index in [2.05, 4.69) is 45.8 Å². The topological polar surface area (TPSA) is 123 Å². The lowest BCUT2D eigenvalue weighted by Crippen LogP contribution is -2.65. The molecule has 0 aromatic carbocycles. The number of hydrogen-bond donors (Lipinski definition) is 1. The van der Waals surface area contributed by atoms with Crippen molar-refractivity contribution in [3.05, 3.63) is 23.3 Å². The Balaban J connectivity index is 1.64. The van der Waals surface area contributed by atoms with Crippen LogP contribution >= 0.6 is 0 Å². The molecule has 40 heavy (non-hydrogen) atoms. The number of hydrogen-bond acceptors (Lipinski definition) is 6. The Morgan fingerprint density at radius 3 is 2.42 bits per heavy atom. The summed E-state index contributed by atoms with van der Waals surface area (Å²) in [5, 5.41) is 13.7. The van der Waals surface area contributed by atoms with Crippen LogP contribution in [-0.4, -0.2) is 23.4 Å². The largest absolute Gasteiger partial charge is 0.384 e. The highest BCUT2D eigenvalue weighted by molar-refractivity contribution is 6.02. The molecule has 0 bridgehead atoms. The normalized spacial score (nSPS) is 44.1. The van der Waals surface area contributed by atoms with Gasteiger partial charge >= 0.3 is 5.97 Å². The third-order valence-corrected chi connectivity index (χ3v) is 12.5. The van der Waals surface area contributed by atoms with E-state index >= 15 is 0 Å². The molecule has 5 aliphatic rings. The molecule has 3 fully saturated rings. The molecule has 0 aromatic rings. The lowest BCUT2D eigenvalue weighted by atomic mass is 9.35. The number of carbonyl (C=O) groups excluding carboxylic acids is 3. The van der Waals surface area contributed by atoms with Gasteiger partial charge in [0.05, 0.1) is 11.0 Å². The summed E-state index contributed by atoms with van der Waals surface area (Å²) in [6.07, 6.45) is 9.65. The second kappa shape index (κ2) is 9.13. The molecule has 3 saturated carbocycles. The van der Waals surface area contributed by atoms with Crippen LogP contribution < -0.4 is 5.73 Å². The average Bonchev–Trinajstić information content (AvgIpc) is 2.90. The molecule has 7 heteroatoms. The molecule has 0 unspecified atom stereocenters. The number of fused-ring (bicyclic) bond motifs is 7. The van der Waals surface area contributed by atoms with Gasteiger partial charge in [-0.3, -0.25) is 9.59 Å². The fourth-order valence-electron chi connectivity index (χ4n) is 9.86. The molecule has 0 saturated heterocycles. The van der Waals surface area contributed by atoms with Gasteiger partial charge in [0.2, 0.25) is 0 Å². The maximum atomic E-state index is 14.5. The Kier molecular flexibility index (Phi) is 6.56. The van der Waals surface area contributed by atoms with Crippen molar-refractivity contribution < 1.29 is 19.2 Å². The molecular formula is C33H45N3O4. The van der Waals surface area contributed by atoms with Crippen molar-refractivity contribution in [3.8, 4) is 6.07 Å². The van der Waals surface area contributed by atoms with Crippen molar-refractivity contribution in [2.75, 3.05) is 0 Å². The quantitative estimate of drug-likeness (QED) is 0.199. The molecule has 216 valence electrons. The summed E-state index contributed by atoms with van der Waals surface area (Å²) in [7, 11) is 0. The highest BCUT2D eigenvalue weighted by atomic mass is 16.7. The number of oxime groups is 1. The fourth-order valence-corrected chi connectivity index (χ4v) is 9.86. The number of nitriles is 1. The first-order valence-electron chi connectivity index (χ1n) is 15.1. The van der Waals surface area contributed by atoms with Gasteiger partial charge in [0.25, 0.3) is 0 Å². The molecule has 0 spiro atoms. The maximum absolute atomic E-state index is 14.5. The molecule has 8 atom stereocenters. The van der Waals surface area contributed by atoms with E-state index in [1.807, 2.05) is 26.0 Å². The van der Waals surface area contributed by atoms with Crippen molar-refractivity contribution in [2.45, 2.75) is 99.8 Å². The first kappa shape index (κ1) is 28.8. The minimum Gasteiger partial charge on any atom is -0.384 e. The van der Waals surface area contributed by atoms with Gasteiger partial charge in [0.15, 0.2) is 11.6 Å². The zero-order valence-corrected chi connectivity index (χ0v) is 25.2. The van der Waals surface area contributed by atoms with E-state index < -0.39 is 10.8 Å². The predicted molar refractivity (Wildman–Crippen MR) is 152 cm³/mol. The highest BCUT2D eigenvalue weighted by Gasteiger charge is 2.70. The summed E-state index contributed by atoms with van der Waals surface area (Å²) >= 11 is 0. The van der Waals surface area contributed by atoms with Crippen LogP contribution in [0.15, 0.2) is 28.5 Å². The van der Waals surface area contributed by atoms with E-state index in [1.165, 1.54) is 0 Å². The summed E-state index contributed by atoms with van der Waals surface area (Å²) < 4.78 is 0. The third kappa shape index (κ3) is 3.73. The van der Waals surface area contributed by atoms with Gasteiger partial charge in [-0.25, -0.2) is 4.79 Å². The number of allylic oxidation sites excluding steroid dienone is 4. The van der Waals surface area contributed by atoms with E-state index in [9.17, 15) is 19.6 Å². The predicted octanol–water partition coefficient (Wildman–Crippen LogP) is 6.04. The zero-order valence-electron chi connectivity index (χ0n) is 25.2. The second-order valence-corrected chi connectivity index (χ2v) is 14.9. The van der Waals surface area contributed by atoms with Crippen LogP contribution in [0.5, 0.6) is 0 Å². The lowest BCUT2D eigenvalue weighted by molar-refractivity contribution is -0.192. The number of Topliss-reactive ketones (excluding diaryl/α,β-unsaturated/α-hetero) is 1. The van der Waals surface area contributed by atoms with Crippen molar-refractivity contribution in [1.82, 2.24) is 0 Å². The average molecular weight is 548 g/mol. The smallest absolute Gasteiger partial charge is 0.341 e. The molecule has 0 aromatic heterocycles. The van der Waals surface area contributed by atoms with Crippen LogP contribution in [0.1, 0.15) is 99.8 Å².